The topological polar surface area (TPSA) is 0 Å². The van der Waals surface area contributed by atoms with Gasteiger partial charge in [-0.2, -0.15) is 0 Å². The number of aryl methyl sites for hydroxylation is 1. The number of hydrogen-bond donors (Lipinski definition) is 0. The van der Waals surface area contributed by atoms with E-state index in [1.54, 1.807) is 19.1 Å². The van der Waals surface area contributed by atoms with Crippen LogP contribution in [0.4, 0.5) is 8.78 Å². The number of rotatable bonds is 4. The molecule has 1 aliphatic carbocycles. The number of allylic oxidation sites excluding steroid dienone is 2. The van der Waals surface area contributed by atoms with Crippen molar-refractivity contribution in [3.05, 3.63) is 71.3 Å². The fourth-order valence-electron chi connectivity index (χ4n) is 3.86. The third-order valence-electron chi connectivity index (χ3n) is 5.52. The van der Waals surface area contributed by atoms with Crippen molar-refractivity contribution >= 4 is 0 Å². The van der Waals surface area contributed by atoms with Gasteiger partial charge in [0.2, 0.25) is 0 Å². The van der Waals surface area contributed by atoms with Gasteiger partial charge in [0.25, 0.3) is 0 Å². The molecule has 1 saturated carbocycles. The van der Waals surface area contributed by atoms with Crippen molar-refractivity contribution in [3.63, 3.8) is 0 Å². The van der Waals surface area contributed by atoms with Gasteiger partial charge >= 0.3 is 0 Å². The molecule has 0 spiro atoms. The smallest absolute Gasteiger partial charge is 0.166 e. The maximum absolute atomic E-state index is 14.2. The molecule has 25 heavy (non-hydrogen) atoms. The molecule has 0 heterocycles. The monoisotopic (exact) mass is 340 g/mol. The van der Waals surface area contributed by atoms with E-state index in [1.165, 1.54) is 37.7 Å². The first-order valence-corrected chi connectivity index (χ1v) is 9.26. The molecule has 0 aliphatic heterocycles. The Hall–Kier alpha value is -1.96. The first kappa shape index (κ1) is 17.8. The molecule has 2 aromatic rings. The summed E-state index contributed by atoms with van der Waals surface area (Å²) < 4.78 is 28.0. The molecule has 0 saturated heterocycles. The van der Waals surface area contributed by atoms with Crippen LogP contribution in [-0.4, -0.2) is 0 Å². The molecule has 2 heteroatoms. The Labute approximate surface area is 149 Å². The molecule has 132 valence electrons. The zero-order valence-electron chi connectivity index (χ0n) is 15.1. The van der Waals surface area contributed by atoms with Gasteiger partial charge in [-0.15, -0.1) is 0 Å². The SMILES string of the molecule is CC=CCC1CCC(c2ccc(-c3ccc(C)c(F)c3F)cc2)CC1. The van der Waals surface area contributed by atoms with Gasteiger partial charge in [-0.05, 0) is 74.5 Å². The van der Waals surface area contributed by atoms with Crippen LogP contribution in [0.15, 0.2) is 48.6 Å². The lowest BCUT2D eigenvalue weighted by atomic mass is 9.77. The Balaban J connectivity index is 1.70. The molecule has 0 radical (unpaired) electrons. The van der Waals surface area contributed by atoms with Crippen LogP contribution in [0.3, 0.4) is 0 Å². The van der Waals surface area contributed by atoms with Crippen LogP contribution in [0, 0.1) is 24.5 Å². The third-order valence-corrected chi connectivity index (χ3v) is 5.52. The summed E-state index contributed by atoms with van der Waals surface area (Å²) in [7, 11) is 0. The fraction of sp³-hybridized carbons (Fsp3) is 0.391. The maximum atomic E-state index is 14.2. The van der Waals surface area contributed by atoms with Crippen LogP contribution in [0.1, 0.15) is 56.1 Å². The Morgan fingerprint density at radius 2 is 1.60 bits per heavy atom. The van der Waals surface area contributed by atoms with E-state index in [4.69, 9.17) is 0 Å². The van der Waals surface area contributed by atoms with E-state index in [9.17, 15) is 8.78 Å². The van der Waals surface area contributed by atoms with Crippen LogP contribution in [0.25, 0.3) is 11.1 Å². The van der Waals surface area contributed by atoms with Crippen molar-refractivity contribution in [2.75, 3.05) is 0 Å². The minimum atomic E-state index is -0.753. The minimum Gasteiger partial charge on any atom is -0.203 e. The summed E-state index contributed by atoms with van der Waals surface area (Å²) in [6.07, 6.45) is 10.6. The van der Waals surface area contributed by atoms with Crippen molar-refractivity contribution in [2.45, 2.75) is 51.9 Å². The zero-order chi connectivity index (χ0) is 17.8. The van der Waals surface area contributed by atoms with Gasteiger partial charge in [0.1, 0.15) is 0 Å². The van der Waals surface area contributed by atoms with Crippen molar-refractivity contribution in [1.29, 1.82) is 0 Å². The van der Waals surface area contributed by atoms with Gasteiger partial charge in [0.05, 0.1) is 0 Å². The predicted octanol–water partition coefficient (Wildman–Crippen LogP) is 7.18. The second-order valence-corrected chi connectivity index (χ2v) is 7.20. The van der Waals surface area contributed by atoms with E-state index in [0.717, 1.165) is 11.5 Å². The van der Waals surface area contributed by atoms with E-state index in [2.05, 4.69) is 31.2 Å². The number of hydrogen-bond acceptors (Lipinski definition) is 0. The normalized spacial score (nSPS) is 21.0. The first-order chi connectivity index (χ1) is 12.1. The predicted molar refractivity (Wildman–Crippen MR) is 101 cm³/mol. The lowest BCUT2D eigenvalue weighted by molar-refractivity contribution is 0.328. The quantitative estimate of drug-likeness (QED) is 0.517. The highest BCUT2D eigenvalue weighted by Crippen LogP contribution is 2.38. The Kier molecular flexibility index (Phi) is 5.67. The summed E-state index contributed by atoms with van der Waals surface area (Å²) in [6.45, 7) is 3.66. The molecule has 3 rings (SSSR count). The van der Waals surface area contributed by atoms with Gasteiger partial charge in [-0.25, -0.2) is 8.78 Å². The number of halogens is 2. The zero-order valence-corrected chi connectivity index (χ0v) is 15.1. The molecule has 1 aliphatic rings. The van der Waals surface area contributed by atoms with Crippen molar-refractivity contribution in [1.82, 2.24) is 0 Å². The van der Waals surface area contributed by atoms with Crippen LogP contribution in [0.5, 0.6) is 0 Å². The summed E-state index contributed by atoms with van der Waals surface area (Å²) in [5.74, 6) is -0.0925. The van der Waals surface area contributed by atoms with Gasteiger partial charge in [-0.3, -0.25) is 0 Å². The van der Waals surface area contributed by atoms with E-state index in [-0.39, 0.29) is 0 Å². The van der Waals surface area contributed by atoms with Gasteiger partial charge in [0, 0.05) is 5.56 Å². The third kappa shape index (κ3) is 4.00. The summed E-state index contributed by atoms with van der Waals surface area (Å²) in [6, 6.07) is 11.3. The first-order valence-electron chi connectivity index (χ1n) is 9.26. The maximum Gasteiger partial charge on any atom is 0.166 e. The van der Waals surface area contributed by atoms with Gasteiger partial charge in [0.15, 0.2) is 11.6 Å². The van der Waals surface area contributed by atoms with Crippen molar-refractivity contribution in [3.8, 4) is 11.1 Å². The highest BCUT2D eigenvalue weighted by atomic mass is 19.2. The summed E-state index contributed by atoms with van der Waals surface area (Å²) >= 11 is 0. The van der Waals surface area contributed by atoms with Gasteiger partial charge < -0.3 is 0 Å². The number of benzene rings is 2. The molecule has 0 nitrogen and oxygen atoms in total. The van der Waals surface area contributed by atoms with E-state index in [0.29, 0.717) is 17.0 Å². The highest BCUT2D eigenvalue weighted by molar-refractivity contribution is 5.65. The summed E-state index contributed by atoms with van der Waals surface area (Å²) in [5, 5.41) is 0. The van der Waals surface area contributed by atoms with E-state index < -0.39 is 11.6 Å². The molecule has 1 fully saturated rings. The lowest BCUT2D eigenvalue weighted by Gasteiger charge is -2.28. The fourth-order valence-corrected chi connectivity index (χ4v) is 3.86. The summed E-state index contributed by atoms with van der Waals surface area (Å²) in [4.78, 5) is 0. The lowest BCUT2D eigenvalue weighted by Crippen LogP contribution is -2.12. The van der Waals surface area contributed by atoms with Crippen molar-refractivity contribution < 1.29 is 8.78 Å². The Bertz CT molecular complexity index is 735. The summed E-state index contributed by atoms with van der Waals surface area (Å²) in [5.41, 5.74) is 2.74. The minimum absolute atomic E-state index is 0.338. The second kappa shape index (κ2) is 7.95. The average molecular weight is 340 g/mol. The second-order valence-electron chi connectivity index (χ2n) is 7.20. The molecular weight excluding hydrogens is 314 g/mol. The van der Waals surface area contributed by atoms with Crippen LogP contribution < -0.4 is 0 Å². The Morgan fingerprint density at radius 1 is 0.920 bits per heavy atom. The van der Waals surface area contributed by atoms with Crippen LogP contribution in [-0.2, 0) is 0 Å². The molecule has 2 aromatic carbocycles. The van der Waals surface area contributed by atoms with E-state index >= 15 is 0 Å². The van der Waals surface area contributed by atoms with E-state index in [1.807, 2.05) is 12.1 Å². The van der Waals surface area contributed by atoms with Crippen LogP contribution in [0.2, 0.25) is 0 Å². The standard InChI is InChI=1S/C23H26F2/c1-3-4-5-17-7-9-18(10-8-17)19-11-13-20(14-12-19)21-15-6-16(2)22(24)23(21)25/h3-4,6,11-15,17-18H,5,7-10H2,1-2H3. The molecule has 0 bridgehead atoms. The molecule has 0 N–H and O–H groups in total. The molecule has 0 amide bonds. The molecule has 0 unspecified atom stereocenters. The highest BCUT2D eigenvalue weighted by Gasteiger charge is 2.21. The van der Waals surface area contributed by atoms with Gasteiger partial charge in [-0.1, -0.05) is 48.6 Å². The molecule has 0 atom stereocenters. The Morgan fingerprint density at radius 3 is 2.24 bits per heavy atom. The van der Waals surface area contributed by atoms with Crippen LogP contribution >= 0.6 is 0 Å². The molecular formula is C23H26F2. The molecule has 0 aromatic heterocycles. The van der Waals surface area contributed by atoms with Crippen molar-refractivity contribution in [2.24, 2.45) is 5.92 Å². The average Bonchev–Trinajstić information content (AvgIpc) is 2.65. The largest absolute Gasteiger partial charge is 0.203 e.